The molecule has 0 bridgehead atoms. The molecule has 1 unspecified atom stereocenters. The molecule has 2 aromatic rings. The van der Waals surface area contributed by atoms with Gasteiger partial charge in [0.15, 0.2) is 6.10 Å². The summed E-state index contributed by atoms with van der Waals surface area (Å²) in [6, 6.07) is 7.81. The zero-order valence-corrected chi connectivity index (χ0v) is 13.3. The highest BCUT2D eigenvalue weighted by Crippen LogP contribution is 2.39. The Labute approximate surface area is 140 Å². The minimum Gasteiger partial charge on any atom is -0.479 e. The first-order chi connectivity index (χ1) is 9.82. The van der Waals surface area contributed by atoms with Crippen molar-refractivity contribution in [3.8, 4) is 11.1 Å². The molecule has 110 valence electrons. The van der Waals surface area contributed by atoms with E-state index in [1.54, 1.807) is 24.3 Å². The normalized spacial score (nSPS) is 12.2. The zero-order valence-electron chi connectivity index (χ0n) is 10.3. The van der Waals surface area contributed by atoms with Crippen molar-refractivity contribution in [2.45, 2.75) is 6.10 Å². The average molecular weight is 366 g/mol. The van der Waals surface area contributed by atoms with Crippen LogP contribution in [0.5, 0.6) is 0 Å². The standard InChI is InChI=1S/C14H8Cl4O3/c15-9-4-6(5-10(16)12(9)18)7-2-1-3-8(11(7)17)13(19)14(20)21/h1-5,13,19H,(H,20,21). The molecule has 3 nitrogen and oxygen atoms in total. The Bertz CT molecular complexity index is 692. The van der Waals surface area contributed by atoms with Gasteiger partial charge in [-0.1, -0.05) is 64.6 Å². The number of carbonyl (C=O) groups is 1. The van der Waals surface area contributed by atoms with Crippen LogP contribution in [0.1, 0.15) is 11.7 Å². The first kappa shape index (κ1) is 16.4. The topological polar surface area (TPSA) is 57.5 Å². The highest BCUT2D eigenvalue weighted by molar-refractivity contribution is 6.48. The number of aliphatic carboxylic acids is 1. The van der Waals surface area contributed by atoms with Crippen LogP contribution in [0.4, 0.5) is 0 Å². The maximum Gasteiger partial charge on any atom is 0.337 e. The molecule has 0 amide bonds. The van der Waals surface area contributed by atoms with Gasteiger partial charge in [-0.3, -0.25) is 0 Å². The number of rotatable bonds is 3. The largest absolute Gasteiger partial charge is 0.479 e. The lowest BCUT2D eigenvalue weighted by Gasteiger charge is -2.13. The molecule has 2 aromatic carbocycles. The molecule has 0 aliphatic rings. The Kier molecular flexibility index (Phi) is 5.02. The van der Waals surface area contributed by atoms with Gasteiger partial charge in [-0.05, 0) is 17.7 Å². The molecule has 0 spiro atoms. The van der Waals surface area contributed by atoms with E-state index in [1.165, 1.54) is 6.07 Å². The van der Waals surface area contributed by atoms with Gasteiger partial charge in [0.2, 0.25) is 0 Å². The van der Waals surface area contributed by atoms with Crippen molar-refractivity contribution < 1.29 is 15.0 Å². The van der Waals surface area contributed by atoms with Crippen LogP contribution in [0.25, 0.3) is 11.1 Å². The number of hydrogen-bond donors (Lipinski definition) is 2. The van der Waals surface area contributed by atoms with Crippen molar-refractivity contribution in [2.75, 3.05) is 0 Å². The molecule has 7 heteroatoms. The molecule has 0 fully saturated rings. The number of halogens is 4. The van der Waals surface area contributed by atoms with Crippen LogP contribution in [0.2, 0.25) is 20.1 Å². The van der Waals surface area contributed by atoms with Gasteiger partial charge in [-0.15, -0.1) is 0 Å². The average Bonchev–Trinajstić information content (AvgIpc) is 2.43. The molecule has 2 N–H and O–H groups in total. The van der Waals surface area contributed by atoms with Gasteiger partial charge in [0.25, 0.3) is 0 Å². The molecular weight excluding hydrogens is 358 g/mol. The Morgan fingerprint density at radius 1 is 1.00 bits per heavy atom. The summed E-state index contributed by atoms with van der Waals surface area (Å²) in [5.74, 6) is -1.39. The number of aliphatic hydroxyl groups is 1. The fraction of sp³-hybridized carbons (Fsp3) is 0.0714. The summed E-state index contributed by atoms with van der Waals surface area (Å²) in [4.78, 5) is 10.9. The van der Waals surface area contributed by atoms with Crippen molar-refractivity contribution in [2.24, 2.45) is 0 Å². The van der Waals surface area contributed by atoms with Gasteiger partial charge < -0.3 is 10.2 Å². The third kappa shape index (κ3) is 3.28. The first-order valence-electron chi connectivity index (χ1n) is 5.67. The van der Waals surface area contributed by atoms with E-state index in [9.17, 15) is 9.90 Å². The number of carboxylic acid groups (broad SMARTS) is 1. The molecule has 0 saturated heterocycles. The Morgan fingerprint density at radius 2 is 1.57 bits per heavy atom. The number of carboxylic acids is 1. The van der Waals surface area contributed by atoms with E-state index < -0.39 is 12.1 Å². The summed E-state index contributed by atoms with van der Waals surface area (Å²) < 4.78 is 0. The predicted octanol–water partition coefficient (Wildman–Crippen LogP) is 5.09. The van der Waals surface area contributed by atoms with Gasteiger partial charge in [-0.25, -0.2) is 4.79 Å². The van der Waals surface area contributed by atoms with Crippen molar-refractivity contribution in [3.05, 3.63) is 56.0 Å². The van der Waals surface area contributed by atoms with Crippen LogP contribution in [0.3, 0.4) is 0 Å². The third-order valence-electron chi connectivity index (χ3n) is 2.85. The second kappa shape index (κ2) is 6.42. The molecule has 0 heterocycles. The predicted molar refractivity (Wildman–Crippen MR) is 84.5 cm³/mol. The summed E-state index contributed by atoms with van der Waals surface area (Å²) in [5.41, 5.74) is 1.15. The highest BCUT2D eigenvalue weighted by Gasteiger charge is 2.21. The van der Waals surface area contributed by atoms with Crippen LogP contribution in [-0.2, 0) is 4.79 Å². The van der Waals surface area contributed by atoms with Crippen LogP contribution >= 0.6 is 46.4 Å². The molecule has 2 rings (SSSR count). The second-order valence-corrected chi connectivity index (χ2v) is 5.77. The number of aliphatic hydroxyl groups excluding tert-OH is 1. The summed E-state index contributed by atoms with van der Waals surface area (Å²) >= 11 is 24.0. The lowest BCUT2D eigenvalue weighted by Crippen LogP contribution is -2.11. The second-order valence-electron chi connectivity index (χ2n) is 4.20. The van der Waals surface area contributed by atoms with Crippen LogP contribution in [0, 0.1) is 0 Å². The van der Waals surface area contributed by atoms with E-state index in [0.717, 1.165) is 0 Å². The molecule has 21 heavy (non-hydrogen) atoms. The Balaban J connectivity index is 2.61. The molecular formula is C14H8Cl4O3. The van der Waals surface area contributed by atoms with Gasteiger partial charge >= 0.3 is 5.97 Å². The lowest BCUT2D eigenvalue weighted by molar-refractivity contribution is -0.146. The van der Waals surface area contributed by atoms with Gasteiger partial charge in [-0.2, -0.15) is 0 Å². The monoisotopic (exact) mass is 364 g/mol. The van der Waals surface area contributed by atoms with Gasteiger partial charge in [0.05, 0.1) is 20.1 Å². The molecule has 0 aromatic heterocycles. The highest BCUT2D eigenvalue weighted by atomic mass is 35.5. The maximum atomic E-state index is 10.9. The van der Waals surface area contributed by atoms with Crippen LogP contribution in [-0.4, -0.2) is 16.2 Å². The van der Waals surface area contributed by atoms with E-state index in [0.29, 0.717) is 11.1 Å². The Morgan fingerprint density at radius 3 is 2.10 bits per heavy atom. The van der Waals surface area contributed by atoms with E-state index >= 15 is 0 Å². The van der Waals surface area contributed by atoms with Crippen molar-refractivity contribution >= 4 is 52.4 Å². The first-order valence-corrected chi connectivity index (χ1v) is 7.18. The third-order valence-corrected chi connectivity index (χ3v) is 4.47. The summed E-state index contributed by atoms with van der Waals surface area (Å²) in [6.45, 7) is 0. The summed E-state index contributed by atoms with van der Waals surface area (Å²) in [5, 5.41) is 19.4. The van der Waals surface area contributed by atoms with Crippen LogP contribution in [0.15, 0.2) is 30.3 Å². The summed E-state index contributed by atoms with van der Waals surface area (Å²) in [6.07, 6.45) is -1.71. The summed E-state index contributed by atoms with van der Waals surface area (Å²) in [7, 11) is 0. The quantitative estimate of drug-likeness (QED) is 0.745. The SMILES string of the molecule is O=C(O)C(O)c1cccc(-c2cc(Cl)c(Cl)c(Cl)c2)c1Cl. The van der Waals surface area contributed by atoms with E-state index in [2.05, 4.69) is 0 Å². The number of benzene rings is 2. The number of hydrogen-bond acceptors (Lipinski definition) is 2. The fourth-order valence-electron chi connectivity index (χ4n) is 1.83. The maximum absolute atomic E-state index is 10.9. The van der Waals surface area contributed by atoms with E-state index in [4.69, 9.17) is 51.5 Å². The van der Waals surface area contributed by atoms with Gasteiger partial charge in [0, 0.05) is 11.1 Å². The van der Waals surface area contributed by atoms with Crippen molar-refractivity contribution in [1.29, 1.82) is 0 Å². The molecule has 0 aliphatic heterocycles. The van der Waals surface area contributed by atoms with Crippen molar-refractivity contribution in [1.82, 2.24) is 0 Å². The van der Waals surface area contributed by atoms with E-state index in [-0.39, 0.29) is 25.7 Å². The fourth-order valence-corrected chi connectivity index (χ4v) is 2.76. The molecule has 0 radical (unpaired) electrons. The lowest BCUT2D eigenvalue weighted by atomic mass is 10.0. The van der Waals surface area contributed by atoms with E-state index in [1.807, 2.05) is 0 Å². The van der Waals surface area contributed by atoms with Crippen molar-refractivity contribution in [3.63, 3.8) is 0 Å². The van der Waals surface area contributed by atoms with Gasteiger partial charge in [0.1, 0.15) is 0 Å². The zero-order chi connectivity index (χ0) is 15.7. The Hall–Kier alpha value is -0.970. The van der Waals surface area contributed by atoms with Crippen LogP contribution < -0.4 is 0 Å². The molecule has 0 aliphatic carbocycles. The minimum absolute atomic E-state index is 0.0869. The smallest absolute Gasteiger partial charge is 0.337 e. The minimum atomic E-state index is -1.71. The molecule has 1 atom stereocenters. The molecule has 0 saturated carbocycles.